The number of carboxylic acids is 1. The second-order valence-corrected chi connectivity index (χ2v) is 12.1. The third-order valence-electron chi connectivity index (χ3n) is 9.33. The Morgan fingerprint density at radius 2 is 1.89 bits per heavy atom. The Labute approximate surface area is 264 Å². The fourth-order valence-corrected chi connectivity index (χ4v) is 7.04. The molecule has 2 bridgehead atoms. The van der Waals surface area contributed by atoms with Crippen LogP contribution in [-0.2, 0) is 50.0 Å². The van der Waals surface area contributed by atoms with E-state index < -0.39 is 78.1 Å². The average molecular weight is 647 g/mol. The highest BCUT2D eigenvalue weighted by atomic mass is 16.6. The molecule has 1 amide bonds. The van der Waals surface area contributed by atoms with E-state index in [0.717, 1.165) is 18.1 Å². The lowest BCUT2D eigenvalue weighted by atomic mass is 9.50. The van der Waals surface area contributed by atoms with E-state index in [0.29, 0.717) is 30.9 Å². The number of methoxy groups -OCH3 is 1. The van der Waals surface area contributed by atoms with Crippen molar-refractivity contribution in [3.05, 3.63) is 35.1 Å². The van der Waals surface area contributed by atoms with Gasteiger partial charge in [0.1, 0.15) is 11.9 Å². The number of aliphatic hydroxyl groups is 2. The number of carbonyl (C=O) groups excluding carboxylic acids is 4. The third-order valence-corrected chi connectivity index (χ3v) is 9.33. The number of ether oxygens (including phenoxy) is 5. The number of carboxylic acid groups (broad SMARTS) is 1. The number of rotatable bonds is 12. The predicted octanol–water partition coefficient (Wildman–Crippen LogP) is -0.279. The van der Waals surface area contributed by atoms with E-state index in [-0.39, 0.29) is 24.8 Å². The van der Waals surface area contributed by atoms with Crippen molar-refractivity contribution >= 4 is 29.8 Å². The van der Waals surface area contributed by atoms with E-state index in [1.165, 1.54) is 14.0 Å². The lowest BCUT2D eigenvalue weighted by Gasteiger charge is -2.61. The number of likely N-dealkylation sites (N-methyl/N-ethyl adjacent to an activating group) is 1. The minimum Gasteiger partial charge on any atom is -0.493 e. The van der Waals surface area contributed by atoms with E-state index in [1.807, 2.05) is 13.1 Å². The zero-order chi connectivity index (χ0) is 33.6. The number of amides is 1. The van der Waals surface area contributed by atoms with Gasteiger partial charge in [0, 0.05) is 24.6 Å². The highest BCUT2D eigenvalue weighted by molar-refractivity contribution is 5.87. The first kappa shape index (κ1) is 33.2. The maximum absolute atomic E-state index is 13.3. The Kier molecular flexibility index (Phi) is 9.03. The fraction of sp³-hybridized carbons (Fsp3) is 0.581. The first-order chi connectivity index (χ1) is 21.7. The summed E-state index contributed by atoms with van der Waals surface area (Å²) in [5, 5.41) is 33.1. The number of piperidine rings is 1. The van der Waals surface area contributed by atoms with E-state index in [9.17, 15) is 34.2 Å². The summed E-state index contributed by atoms with van der Waals surface area (Å²) in [5.74, 6) is -4.43. The molecule has 7 atom stereocenters. The number of aliphatic hydroxyl groups excluding tert-OH is 1. The number of benzene rings is 1. The van der Waals surface area contributed by atoms with Gasteiger partial charge in [-0.3, -0.25) is 14.4 Å². The molecule has 15 nitrogen and oxygen atoms in total. The molecule has 1 aromatic rings. The number of hydrogen-bond acceptors (Lipinski definition) is 13. The molecule has 2 heterocycles. The van der Waals surface area contributed by atoms with E-state index >= 15 is 0 Å². The molecule has 2 aliphatic heterocycles. The number of hydrogen-bond donors (Lipinski definition) is 4. The maximum atomic E-state index is 13.3. The summed E-state index contributed by atoms with van der Waals surface area (Å²) < 4.78 is 27.8. The van der Waals surface area contributed by atoms with Crippen LogP contribution in [0.5, 0.6) is 11.5 Å². The molecule has 0 saturated carbocycles. The minimum absolute atomic E-state index is 0.113. The minimum atomic E-state index is -1.87. The number of esters is 3. The lowest BCUT2D eigenvalue weighted by molar-refractivity contribution is -0.179. The van der Waals surface area contributed by atoms with Gasteiger partial charge in [-0.05, 0) is 58.0 Å². The summed E-state index contributed by atoms with van der Waals surface area (Å²) in [4.78, 5) is 63.6. The molecule has 250 valence electrons. The second-order valence-electron chi connectivity index (χ2n) is 12.1. The number of nitrogens with zero attached hydrogens (tertiary/aromatic N) is 1. The molecule has 2 aliphatic carbocycles. The number of aliphatic carboxylic acids is 1. The van der Waals surface area contributed by atoms with Crippen molar-refractivity contribution in [2.45, 2.75) is 87.4 Å². The van der Waals surface area contributed by atoms with Gasteiger partial charge in [0.15, 0.2) is 23.7 Å². The highest BCUT2D eigenvalue weighted by Gasteiger charge is 2.72. The monoisotopic (exact) mass is 646 g/mol. The van der Waals surface area contributed by atoms with Gasteiger partial charge in [-0.25, -0.2) is 9.59 Å². The molecule has 15 heteroatoms. The molecule has 4 N–H and O–H groups in total. The second kappa shape index (κ2) is 12.5. The molecule has 4 aliphatic rings. The number of likely N-dealkylation sites (tertiary alicyclic amines) is 1. The summed E-state index contributed by atoms with van der Waals surface area (Å²) in [6.07, 6.45) is -4.13. The van der Waals surface area contributed by atoms with Crippen LogP contribution in [0.2, 0.25) is 0 Å². The fourth-order valence-electron chi connectivity index (χ4n) is 7.04. The van der Waals surface area contributed by atoms with Crippen LogP contribution < -0.4 is 14.8 Å². The number of nitrogens with one attached hydrogen (secondary N) is 1. The summed E-state index contributed by atoms with van der Waals surface area (Å²) in [6.45, 7) is 2.74. The van der Waals surface area contributed by atoms with Crippen molar-refractivity contribution in [1.29, 1.82) is 0 Å². The smallest absolute Gasteiger partial charge is 0.348 e. The van der Waals surface area contributed by atoms with Gasteiger partial charge in [0.2, 0.25) is 12.0 Å². The maximum Gasteiger partial charge on any atom is 0.348 e. The molecular weight excluding hydrogens is 608 g/mol. The summed E-state index contributed by atoms with van der Waals surface area (Å²) in [5.41, 5.74) is -0.377. The van der Waals surface area contributed by atoms with Crippen molar-refractivity contribution < 1.29 is 63.0 Å². The van der Waals surface area contributed by atoms with E-state index in [2.05, 4.69) is 10.2 Å². The van der Waals surface area contributed by atoms with Crippen molar-refractivity contribution in [1.82, 2.24) is 10.2 Å². The molecule has 46 heavy (non-hydrogen) atoms. The average Bonchev–Trinajstić information content (AvgIpc) is 3.35. The van der Waals surface area contributed by atoms with Crippen molar-refractivity contribution in [2.24, 2.45) is 0 Å². The normalized spacial score (nSPS) is 27.5. The van der Waals surface area contributed by atoms with Crippen LogP contribution >= 0.6 is 0 Å². The molecule has 1 spiro atoms. The van der Waals surface area contributed by atoms with Crippen LogP contribution in [0.15, 0.2) is 24.0 Å². The van der Waals surface area contributed by atoms with Crippen molar-refractivity contribution in [2.75, 3.05) is 27.2 Å². The Balaban J connectivity index is 1.36. The standard InChI is InChI=1S/C31H38N2O13/c1-15(34)27(37)32-11-8-22(35)45-20(29(40)43-16(2)28(38)39)14-23(36)44-19-7-9-31(41)21-13-17-5-6-18(42-4)25-24(17)30(31,26(19)46-25)10-12-33(21)3/h5-7,15-16,20-21,26,34,41H,8-14H2,1-4H3,(H,32,37)(H,38,39)/t15-,16-,20-,21-,26+,30+,31-/m0/s1. The molecule has 1 aromatic carbocycles. The highest BCUT2D eigenvalue weighted by Crippen LogP contribution is 2.65. The first-order valence-electron chi connectivity index (χ1n) is 15.0. The molecule has 0 aromatic heterocycles. The zero-order valence-electron chi connectivity index (χ0n) is 25.9. The van der Waals surface area contributed by atoms with Gasteiger partial charge >= 0.3 is 23.9 Å². The van der Waals surface area contributed by atoms with Crippen LogP contribution in [-0.4, -0.2) is 113 Å². The van der Waals surface area contributed by atoms with Crippen LogP contribution in [0.4, 0.5) is 0 Å². The Bertz CT molecular complexity index is 1470. The van der Waals surface area contributed by atoms with Crippen LogP contribution in [0.25, 0.3) is 0 Å². The van der Waals surface area contributed by atoms with Gasteiger partial charge in [0.25, 0.3) is 0 Å². The zero-order valence-corrected chi connectivity index (χ0v) is 25.9. The summed E-state index contributed by atoms with van der Waals surface area (Å²) in [7, 11) is 3.47. The van der Waals surface area contributed by atoms with E-state index in [1.54, 1.807) is 12.1 Å². The van der Waals surface area contributed by atoms with Crippen LogP contribution in [0, 0.1) is 0 Å². The Morgan fingerprint density at radius 1 is 1.15 bits per heavy atom. The first-order valence-corrected chi connectivity index (χ1v) is 15.0. The van der Waals surface area contributed by atoms with Gasteiger partial charge in [-0.2, -0.15) is 0 Å². The quantitative estimate of drug-likeness (QED) is 0.170. The predicted molar refractivity (Wildman–Crippen MR) is 155 cm³/mol. The molecule has 1 fully saturated rings. The molecule has 5 rings (SSSR count). The molecule has 0 unspecified atom stereocenters. The summed E-state index contributed by atoms with van der Waals surface area (Å²) >= 11 is 0. The SMILES string of the molecule is COc1ccc2c3c1O[C@@H]1C(OC(=O)C[C@H](OC(=O)CCNC(=O)[C@H](C)O)C(=O)O[C@@H](C)C(=O)O)=CC[C@]4(O)[C@H](C2)N(C)CC[C@@]314. The van der Waals surface area contributed by atoms with E-state index in [4.69, 9.17) is 28.8 Å². The van der Waals surface area contributed by atoms with Crippen LogP contribution in [0.1, 0.15) is 50.7 Å². The summed E-state index contributed by atoms with van der Waals surface area (Å²) in [6, 6.07) is 3.53. The largest absolute Gasteiger partial charge is 0.493 e. The van der Waals surface area contributed by atoms with Gasteiger partial charge in [-0.1, -0.05) is 6.07 Å². The van der Waals surface area contributed by atoms with Gasteiger partial charge < -0.3 is 49.2 Å². The topological polar surface area (TPSA) is 207 Å². The molecular formula is C31H38N2O13. The van der Waals surface area contributed by atoms with Crippen LogP contribution in [0.3, 0.4) is 0 Å². The Hall–Kier alpha value is -4.21. The molecule has 0 radical (unpaired) electrons. The lowest BCUT2D eigenvalue weighted by Crippen LogP contribution is -2.74. The van der Waals surface area contributed by atoms with Gasteiger partial charge in [-0.15, -0.1) is 0 Å². The number of carbonyl (C=O) groups is 5. The van der Waals surface area contributed by atoms with Gasteiger partial charge in [0.05, 0.1) is 31.0 Å². The third kappa shape index (κ3) is 5.56. The van der Waals surface area contributed by atoms with Crippen molar-refractivity contribution in [3.8, 4) is 11.5 Å². The van der Waals surface area contributed by atoms with Crippen molar-refractivity contribution in [3.63, 3.8) is 0 Å². The molecule has 1 saturated heterocycles. The Morgan fingerprint density at radius 3 is 2.57 bits per heavy atom.